The fourth-order valence-corrected chi connectivity index (χ4v) is 2.47. The third-order valence-corrected chi connectivity index (χ3v) is 4.42. The van der Waals surface area contributed by atoms with Crippen molar-refractivity contribution in [2.45, 2.75) is 45.8 Å². The van der Waals surface area contributed by atoms with E-state index in [0.717, 1.165) is 12.0 Å². The van der Waals surface area contributed by atoms with Gasteiger partial charge in [0, 0.05) is 13.5 Å². The van der Waals surface area contributed by atoms with Crippen LogP contribution in [-0.4, -0.2) is 17.6 Å². The van der Waals surface area contributed by atoms with Gasteiger partial charge in [0.2, 0.25) is 0 Å². The first-order valence-corrected chi connectivity index (χ1v) is 6.40. The third kappa shape index (κ3) is 2.17. The van der Waals surface area contributed by atoms with Gasteiger partial charge in [-0.3, -0.25) is 4.84 Å². The Hall–Kier alpha value is -0.930. The SMILES string of the molecule is CN1O[C@H](c2ccc(F)cc2)C[C@]1(C)C(C)(C)C. The summed E-state index contributed by atoms with van der Waals surface area (Å²) in [5, 5.41) is 1.96. The van der Waals surface area contributed by atoms with Crippen molar-refractivity contribution in [1.29, 1.82) is 0 Å². The summed E-state index contributed by atoms with van der Waals surface area (Å²) in [5.41, 5.74) is 1.14. The molecule has 1 fully saturated rings. The highest BCUT2D eigenvalue weighted by molar-refractivity contribution is 5.20. The molecule has 100 valence electrons. The smallest absolute Gasteiger partial charge is 0.123 e. The van der Waals surface area contributed by atoms with Crippen molar-refractivity contribution in [3.05, 3.63) is 35.6 Å². The van der Waals surface area contributed by atoms with Crippen molar-refractivity contribution >= 4 is 0 Å². The lowest BCUT2D eigenvalue weighted by Gasteiger charge is -2.42. The van der Waals surface area contributed by atoms with Crippen molar-refractivity contribution in [3.63, 3.8) is 0 Å². The molecule has 0 bridgehead atoms. The Balaban J connectivity index is 2.23. The molecule has 0 radical (unpaired) electrons. The lowest BCUT2D eigenvalue weighted by Crippen LogP contribution is -2.48. The number of rotatable bonds is 1. The lowest BCUT2D eigenvalue weighted by molar-refractivity contribution is -0.187. The molecule has 0 unspecified atom stereocenters. The molecule has 0 saturated carbocycles. The molecule has 2 atom stereocenters. The summed E-state index contributed by atoms with van der Waals surface area (Å²) in [4.78, 5) is 5.94. The zero-order chi connectivity index (χ0) is 13.6. The zero-order valence-corrected chi connectivity index (χ0v) is 11.8. The molecule has 3 heteroatoms. The summed E-state index contributed by atoms with van der Waals surface area (Å²) >= 11 is 0. The fourth-order valence-electron chi connectivity index (χ4n) is 2.47. The van der Waals surface area contributed by atoms with E-state index >= 15 is 0 Å². The molecule has 0 amide bonds. The Morgan fingerprint density at radius 2 is 1.83 bits per heavy atom. The highest BCUT2D eigenvalue weighted by atomic mass is 19.1. The van der Waals surface area contributed by atoms with E-state index in [1.54, 1.807) is 0 Å². The van der Waals surface area contributed by atoms with Crippen molar-refractivity contribution in [3.8, 4) is 0 Å². The standard InChI is InChI=1S/C15H22FNO/c1-14(2,3)15(4)10-13(18-17(15)5)11-6-8-12(16)9-7-11/h6-9,13H,10H2,1-5H3/t13-,15+/m0/s1. The van der Waals surface area contributed by atoms with E-state index < -0.39 is 0 Å². The molecule has 0 N–H and O–H groups in total. The summed E-state index contributed by atoms with van der Waals surface area (Å²) in [7, 11) is 1.98. The Morgan fingerprint density at radius 3 is 2.28 bits per heavy atom. The van der Waals surface area contributed by atoms with Gasteiger partial charge in [0.1, 0.15) is 11.9 Å². The minimum absolute atomic E-state index is 0.0137. The van der Waals surface area contributed by atoms with Crippen molar-refractivity contribution in [2.24, 2.45) is 5.41 Å². The molecular formula is C15H22FNO. The summed E-state index contributed by atoms with van der Waals surface area (Å²) in [6, 6.07) is 6.60. The maximum Gasteiger partial charge on any atom is 0.123 e. The maximum absolute atomic E-state index is 12.9. The zero-order valence-electron chi connectivity index (χ0n) is 11.8. The minimum Gasteiger partial charge on any atom is -0.291 e. The van der Waals surface area contributed by atoms with E-state index in [1.165, 1.54) is 12.1 Å². The molecule has 1 aromatic rings. The van der Waals surface area contributed by atoms with E-state index in [1.807, 2.05) is 24.2 Å². The van der Waals surface area contributed by atoms with Crippen LogP contribution in [0.3, 0.4) is 0 Å². The van der Waals surface area contributed by atoms with Gasteiger partial charge in [0.25, 0.3) is 0 Å². The Bertz CT molecular complexity index is 423. The molecule has 18 heavy (non-hydrogen) atoms. The largest absolute Gasteiger partial charge is 0.291 e. The van der Waals surface area contributed by atoms with Crippen LogP contribution in [0.15, 0.2) is 24.3 Å². The maximum atomic E-state index is 12.9. The van der Waals surface area contributed by atoms with Crippen LogP contribution in [0.25, 0.3) is 0 Å². The third-order valence-electron chi connectivity index (χ3n) is 4.42. The van der Waals surface area contributed by atoms with Gasteiger partial charge in [-0.2, -0.15) is 5.06 Å². The quantitative estimate of drug-likeness (QED) is 0.749. The first kappa shape index (κ1) is 13.5. The van der Waals surface area contributed by atoms with E-state index in [4.69, 9.17) is 4.84 Å². The van der Waals surface area contributed by atoms with Gasteiger partial charge in [-0.15, -0.1) is 0 Å². The second kappa shape index (κ2) is 4.32. The average molecular weight is 251 g/mol. The highest BCUT2D eigenvalue weighted by Crippen LogP contribution is 2.48. The normalized spacial score (nSPS) is 29.8. The van der Waals surface area contributed by atoms with Crippen molar-refractivity contribution in [1.82, 2.24) is 5.06 Å². The van der Waals surface area contributed by atoms with Crippen LogP contribution in [0.5, 0.6) is 0 Å². The number of hydroxylamine groups is 2. The molecule has 1 aliphatic heterocycles. The van der Waals surface area contributed by atoms with Gasteiger partial charge >= 0.3 is 0 Å². The predicted molar refractivity (Wildman–Crippen MR) is 70.5 cm³/mol. The van der Waals surface area contributed by atoms with Gasteiger partial charge in [-0.05, 0) is 30.0 Å². The molecule has 0 aliphatic carbocycles. The van der Waals surface area contributed by atoms with Crippen molar-refractivity contribution in [2.75, 3.05) is 7.05 Å². The molecule has 0 spiro atoms. The van der Waals surface area contributed by atoms with Gasteiger partial charge in [-0.25, -0.2) is 4.39 Å². The summed E-state index contributed by atoms with van der Waals surface area (Å²) < 4.78 is 12.9. The second-order valence-electron chi connectivity index (χ2n) is 6.37. The Labute approximate surface area is 109 Å². The van der Waals surface area contributed by atoms with Crippen LogP contribution in [0.1, 0.15) is 45.8 Å². The number of hydrogen-bond donors (Lipinski definition) is 0. The molecule has 0 aromatic heterocycles. The number of benzene rings is 1. The van der Waals surface area contributed by atoms with Gasteiger partial charge in [0.05, 0.1) is 5.54 Å². The molecule has 2 rings (SSSR count). The molecule has 1 heterocycles. The van der Waals surface area contributed by atoms with Crippen LogP contribution in [0.4, 0.5) is 4.39 Å². The summed E-state index contributed by atoms with van der Waals surface area (Å²) in [6.07, 6.45) is 0.929. The monoisotopic (exact) mass is 251 g/mol. The van der Waals surface area contributed by atoms with Crippen LogP contribution in [-0.2, 0) is 4.84 Å². The number of hydrogen-bond acceptors (Lipinski definition) is 2. The Morgan fingerprint density at radius 1 is 1.28 bits per heavy atom. The van der Waals surface area contributed by atoms with Crippen molar-refractivity contribution < 1.29 is 9.23 Å². The lowest BCUT2D eigenvalue weighted by atomic mass is 9.72. The average Bonchev–Trinajstić information content (AvgIpc) is 2.57. The minimum atomic E-state index is -0.205. The van der Waals surface area contributed by atoms with Gasteiger partial charge < -0.3 is 0 Å². The van der Waals surface area contributed by atoms with Crippen LogP contribution >= 0.6 is 0 Å². The van der Waals surface area contributed by atoms with Crippen LogP contribution in [0, 0.1) is 11.2 Å². The topological polar surface area (TPSA) is 12.5 Å². The predicted octanol–water partition coefficient (Wildman–Crippen LogP) is 3.94. The summed E-state index contributed by atoms with van der Waals surface area (Å²) in [5.74, 6) is -0.205. The van der Waals surface area contributed by atoms with E-state index in [2.05, 4.69) is 27.7 Å². The van der Waals surface area contributed by atoms with E-state index in [0.29, 0.717) is 0 Å². The number of nitrogens with zero attached hydrogens (tertiary/aromatic N) is 1. The summed E-state index contributed by atoms with van der Waals surface area (Å²) in [6.45, 7) is 8.89. The molecule has 1 aliphatic rings. The first-order valence-electron chi connectivity index (χ1n) is 6.40. The van der Waals surface area contributed by atoms with E-state index in [-0.39, 0.29) is 22.9 Å². The Kier molecular flexibility index (Phi) is 3.24. The molecule has 1 saturated heterocycles. The van der Waals surface area contributed by atoms with Gasteiger partial charge in [0.15, 0.2) is 0 Å². The van der Waals surface area contributed by atoms with Crippen LogP contribution in [0.2, 0.25) is 0 Å². The first-order chi connectivity index (χ1) is 8.24. The van der Waals surface area contributed by atoms with E-state index in [9.17, 15) is 4.39 Å². The van der Waals surface area contributed by atoms with Crippen LogP contribution < -0.4 is 0 Å². The molecular weight excluding hydrogens is 229 g/mol. The highest BCUT2D eigenvalue weighted by Gasteiger charge is 2.49. The molecule has 2 nitrogen and oxygen atoms in total. The second-order valence-corrected chi connectivity index (χ2v) is 6.37. The molecule has 1 aromatic carbocycles. The number of halogens is 1. The fraction of sp³-hybridized carbons (Fsp3) is 0.600. The van der Waals surface area contributed by atoms with Gasteiger partial charge in [-0.1, -0.05) is 32.9 Å².